The van der Waals surface area contributed by atoms with Gasteiger partial charge in [-0.25, -0.2) is 4.39 Å². The highest BCUT2D eigenvalue weighted by Gasteiger charge is 2.26. The van der Waals surface area contributed by atoms with Gasteiger partial charge in [0.25, 0.3) is 5.91 Å². The molecule has 2 heterocycles. The van der Waals surface area contributed by atoms with E-state index < -0.39 is 5.82 Å². The Hall–Kier alpha value is -3.15. The number of H-pyrrole nitrogens is 1. The summed E-state index contributed by atoms with van der Waals surface area (Å²) in [4.78, 5) is 12.6. The van der Waals surface area contributed by atoms with Crippen molar-refractivity contribution in [3.8, 4) is 17.0 Å². The predicted octanol–water partition coefficient (Wildman–Crippen LogP) is 3.67. The number of ether oxygens (including phenoxy) is 1. The van der Waals surface area contributed by atoms with Crippen LogP contribution in [0.15, 0.2) is 42.5 Å². The number of nitrogens with one attached hydrogen (secondary N) is 2. The molecule has 1 amide bonds. The quantitative estimate of drug-likeness (QED) is 0.756. The van der Waals surface area contributed by atoms with Crippen molar-refractivity contribution in [2.45, 2.75) is 13.5 Å². The topological polar surface area (TPSA) is 67.0 Å². The zero-order valence-electron chi connectivity index (χ0n) is 12.9. The molecule has 0 radical (unpaired) electrons. The summed E-state index contributed by atoms with van der Waals surface area (Å²) in [5.74, 6) is -0.0373. The van der Waals surface area contributed by atoms with Crippen LogP contribution in [0.3, 0.4) is 0 Å². The molecule has 0 aliphatic carbocycles. The van der Waals surface area contributed by atoms with Crippen molar-refractivity contribution in [1.82, 2.24) is 10.2 Å². The summed E-state index contributed by atoms with van der Waals surface area (Å²) in [7, 11) is 0. The molecule has 0 spiro atoms. The third kappa shape index (κ3) is 2.32. The second-order valence-corrected chi connectivity index (χ2v) is 5.62. The van der Waals surface area contributed by atoms with Crippen LogP contribution in [-0.2, 0) is 6.61 Å². The van der Waals surface area contributed by atoms with Crippen LogP contribution in [0.25, 0.3) is 11.3 Å². The number of hydrogen-bond donors (Lipinski definition) is 2. The van der Waals surface area contributed by atoms with Crippen molar-refractivity contribution in [1.29, 1.82) is 0 Å². The number of nitrogens with zero attached hydrogens (tertiary/aromatic N) is 1. The molecule has 2 aromatic carbocycles. The maximum atomic E-state index is 13.4. The monoisotopic (exact) mass is 323 g/mol. The van der Waals surface area contributed by atoms with Crippen LogP contribution in [0, 0.1) is 12.7 Å². The van der Waals surface area contributed by atoms with E-state index in [1.807, 2.05) is 24.3 Å². The van der Waals surface area contributed by atoms with Gasteiger partial charge in [0.05, 0.1) is 0 Å². The van der Waals surface area contributed by atoms with Crippen molar-refractivity contribution in [2.24, 2.45) is 0 Å². The SMILES string of the molecule is Cc1ccc(F)cc1NC(=O)c1[nH]nc2c1COc1ccccc1-2. The van der Waals surface area contributed by atoms with Gasteiger partial charge in [0.1, 0.15) is 29.6 Å². The number of amides is 1. The fourth-order valence-electron chi connectivity index (χ4n) is 2.77. The number of fused-ring (bicyclic) bond motifs is 3. The van der Waals surface area contributed by atoms with Gasteiger partial charge in [0, 0.05) is 16.8 Å². The van der Waals surface area contributed by atoms with Gasteiger partial charge in [-0.15, -0.1) is 0 Å². The summed E-state index contributed by atoms with van der Waals surface area (Å²) in [5, 5.41) is 9.76. The summed E-state index contributed by atoms with van der Waals surface area (Å²) in [6.07, 6.45) is 0. The molecule has 1 aromatic heterocycles. The second kappa shape index (κ2) is 5.49. The molecule has 24 heavy (non-hydrogen) atoms. The van der Waals surface area contributed by atoms with Crippen molar-refractivity contribution in [2.75, 3.05) is 5.32 Å². The number of rotatable bonds is 2. The Morgan fingerprint density at radius 1 is 1.29 bits per heavy atom. The number of para-hydroxylation sites is 1. The van der Waals surface area contributed by atoms with Crippen LogP contribution in [0.5, 0.6) is 5.75 Å². The molecular formula is C18H14FN3O2. The number of aromatic amines is 1. The highest BCUT2D eigenvalue weighted by Crippen LogP contribution is 2.37. The summed E-state index contributed by atoms with van der Waals surface area (Å²) < 4.78 is 19.1. The van der Waals surface area contributed by atoms with Gasteiger partial charge in [-0.2, -0.15) is 5.10 Å². The number of benzene rings is 2. The molecule has 1 aliphatic rings. The summed E-state index contributed by atoms with van der Waals surface area (Å²) in [5.41, 5.74) is 3.78. The summed E-state index contributed by atoms with van der Waals surface area (Å²) >= 11 is 0. The molecule has 1 aliphatic heterocycles. The van der Waals surface area contributed by atoms with Gasteiger partial charge in [0.2, 0.25) is 0 Å². The highest BCUT2D eigenvalue weighted by atomic mass is 19.1. The number of halogens is 1. The van der Waals surface area contributed by atoms with E-state index in [1.54, 1.807) is 13.0 Å². The van der Waals surface area contributed by atoms with E-state index in [0.29, 0.717) is 22.6 Å². The number of aromatic nitrogens is 2. The fraction of sp³-hybridized carbons (Fsp3) is 0.111. The number of carbonyl (C=O) groups is 1. The van der Waals surface area contributed by atoms with Crippen LogP contribution in [0.4, 0.5) is 10.1 Å². The molecule has 0 unspecified atom stereocenters. The Kier molecular flexibility index (Phi) is 3.30. The molecule has 120 valence electrons. The number of hydrogen-bond acceptors (Lipinski definition) is 3. The molecule has 4 rings (SSSR count). The smallest absolute Gasteiger partial charge is 0.274 e. The number of anilines is 1. The Bertz CT molecular complexity index is 949. The first-order valence-electron chi connectivity index (χ1n) is 7.50. The minimum atomic E-state index is -0.403. The first kappa shape index (κ1) is 14.4. The predicted molar refractivity (Wildman–Crippen MR) is 87.4 cm³/mol. The highest BCUT2D eigenvalue weighted by molar-refractivity contribution is 6.05. The first-order valence-corrected chi connectivity index (χ1v) is 7.50. The van der Waals surface area contributed by atoms with E-state index in [4.69, 9.17) is 4.74 Å². The first-order chi connectivity index (χ1) is 11.6. The van der Waals surface area contributed by atoms with E-state index >= 15 is 0 Å². The maximum Gasteiger partial charge on any atom is 0.274 e. The summed E-state index contributed by atoms with van der Waals surface area (Å²) in [6.45, 7) is 2.06. The lowest BCUT2D eigenvalue weighted by molar-refractivity contribution is 0.101. The minimum Gasteiger partial charge on any atom is -0.488 e. The van der Waals surface area contributed by atoms with Gasteiger partial charge in [-0.3, -0.25) is 9.89 Å². The average molecular weight is 323 g/mol. The summed E-state index contributed by atoms with van der Waals surface area (Å²) in [6, 6.07) is 11.8. The van der Waals surface area contributed by atoms with Crippen LogP contribution in [-0.4, -0.2) is 16.1 Å². The lowest BCUT2D eigenvalue weighted by Crippen LogP contribution is -2.17. The molecule has 2 N–H and O–H groups in total. The largest absolute Gasteiger partial charge is 0.488 e. The van der Waals surface area contributed by atoms with E-state index in [2.05, 4.69) is 15.5 Å². The molecule has 0 saturated carbocycles. The van der Waals surface area contributed by atoms with Crippen molar-refractivity contribution in [3.63, 3.8) is 0 Å². The van der Waals surface area contributed by atoms with Gasteiger partial charge in [-0.1, -0.05) is 18.2 Å². The zero-order valence-corrected chi connectivity index (χ0v) is 12.9. The lowest BCUT2D eigenvalue weighted by Gasteiger charge is -2.17. The molecular weight excluding hydrogens is 309 g/mol. The number of carbonyl (C=O) groups excluding carboxylic acids is 1. The number of aryl methyl sites for hydroxylation is 1. The molecule has 0 bridgehead atoms. The minimum absolute atomic E-state index is 0.258. The van der Waals surface area contributed by atoms with Gasteiger partial charge < -0.3 is 10.1 Å². The van der Waals surface area contributed by atoms with E-state index in [9.17, 15) is 9.18 Å². The van der Waals surface area contributed by atoms with Gasteiger partial charge in [0.15, 0.2) is 0 Å². The van der Waals surface area contributed by atoms with E-state index in [0.717, 1.165) is 16.9 Å². The zero-order chi connectivity index (χ0) is 16.7. The van der Waals surface area contributed by atoms with Gasteiger partial charge in [-0.05, 0) is 36.8 Å². The average Bonchev–Trinajstić information content (AvgIpc) is 3.03. The standard InChI is InChI=1S/C18H14FN3O2/c1-10-6-7-11(19)8-14(10)20-18(23)17-13-9-24-15-5-3-2-4-12(15)16(13)21-22-17/h2-8H,9H2,1H3,(H,20,23)(H,21,22). The molecule has 5 nitrogen and oxygen atoms in total. The molecule has 3 aromatic rings. The van der Waals surface area contributed by atoms with Crippen LogP contribution < -0.4 is 10.1 Å². The van der Waals surface area contributed by atoms with Crippen molar-refractivity contribution < 1.29 is 13.9 Å². The van der Waals surface area contributed by atoms with E-state index in [-0.39, 0.29) is 12.5 Å². The third-order valence-electron chi connectivity index (χ3n) is 4.06. The molecule has 0 atom stereocenters. The molecule has 0 saturated heterocycles. The Labute approximate surface area is 137 Å². The second-order valence-electron chi connectivity index (χ2n) is 5.62. The van der Waals surface area contributed by atoms with Crippen molar-refractivity contribution >= 4 is 11.6 Å². The molecule has 0 fully saturated rings. The van der Waals surface area contributed by atoms with Crippen LogP contribution in [0.2, 0.25) is 0 Å². The fourth-order valence-corrected chi connectivity index (χ4v) is 2.77. The maximum absolute atomic E-state index is 13.4. The Morgan fingerprint density at radius 2 is 2.12 bits per heavy atom. The van der Waals surface area contributed by atoms with Crippen LogP contribution in [0.1, 0.15) is 21.6 Å². The normalized spacial score (nSPS) is 12.1. The Morgan fingerprint density at radius 3 is 3.00 bits per heavy atom. The van der Waals surface area contributed by atoms with E-state index in [1.165, 1.54) is 12.1 Å². The Balaban J connectivity index is 1.68. The van der Waals surface area contributed by atoms with Crippen molar-refractivity contribution in [3.05, 3.63) is 65.1 Å². The third-order valence-corrected chi connectivity index (χ3v) is 4.06. The molecule has 6 heteroatoms. The van der Waals surface area contributed by atoms with Gasteiger partial charge >= 0.3 is 0 Å². The van der Waals surface area contributed by atoms with Crippen LogP contribution >= 0.6 is 0 Å². The lowest BCUT2D eigenvalue weighted by atomic mass is 10.0.